The molecule has 0 radical (unpaired) electrons. The lowest BCUT2D eigenvalue weighted by molar-refractivity contribution is -0.492. The van der Waals surface area contributed by atoms with Crippen LogP contribution in [0.4, 0.5) is 4.39 Å². The summed E-state index contributed by atoms with van der Waals surface area (Å²) in [6, 6.07) is -1.47. The van der Waals surface area contributed by atoms with E-state index in [0.717, 1.165) is 6.92 Å². The van der Waals surface area contributed by atoms with Crippen LogP contribution in [-0.2, 0) is 38.3 Å². The number of allylic oxidation sites excluding steroid dienone is 4. The number of ketones is 2. The van der Waals surface area contributed by atoms with Crippen molar-refractivity contribution in [2.75, 3.05) is 19.8 Å². The quantitative estimate of drug-likeness (QED) is 0.0886. The molecule has 262 valence electrons. The molecule has 0 saturated heterocycles. The van der Waals surface area contributed by atoms with E-state index in [4.69, 9.17) is 19.9 Å². The minimum absolute atomic E-state index is 0.0910. The molecule has 9 atom stereocenters. The van der Waals surface area contributed by atoms with Crippen molar-refractivity contribution in [3.63, 3.8) is 0 Å². The van der Waals surface area contributed by atoms with Gasteiger partial charge in [0.1, 0.15) is 6.04 Å². The molecule has 0 aromatic heterocycles. The van der Waals surface area contributed by atoms with Crippen molar-refractivity contribution in [1.82, 2.24) is 10.7 Å². The van der Waals surface area contributed by atoms with Gasteiger partial charge in [-0.15, -0.1) is 0 Å². The van der Waals surface area contributed by atoms with E-state index >= 15 is 4.39 Å². The van der Waals surface area contributed by atoms with E-state index in [9.17, 15) is 39.3 Å². The number of ether oxygens (including phenoxy) is 2. The third-order valence-corrected chi connectivity index (χ3v) is 10.7. The average Bonchev–Trinajstić information content (AvgIpc) is 3.19. The minimum Gasteiger partial charge on any atom is -0.464 e. The third-order valence-electron chi connectivity index (χ3n) is 10.7. The number of carbonyl (C=O) groups excluding carboxylic acids is 5. The van der Waals surface area contributed by atoms with Crippen molar-refractivity contribution in [1.29, 1.82) is 0 Å². The zero-order valence-electron chi connectivity index (χ0n) is 26.5. The number of hydrogen-bond acceptors (Lipinski definition) is 14. The normalized spacial score (nSPS) is 36.5. The standard InChI is InChI=1S/C31H43FN2O13/c1-17(35)33-22(27(41)45-10-4-5-11-47-34(43)44)14-26(40)46-16-25(39)31(42)23(37)13-21-20-7-6-18-12-19(36)8-9-28(18,2)30(20,32)24(38)15-29(21,31)3/h8-9,12,20-24,37-38,42-44H,4-7,10-11,13-16H2,1-3H3,(H,33,35)/t20-,21-,22?,23+,24-,28-,29-,30-,31-/m0/s1. The van der Waals surface area contributed by atoms with Crippen molar-refractivity contribution in [3.05, 3.63) is 23.8 Å². The van der Waals surface area contributed by atoms with Crippen LogP contribution in [0, 0.1) is 22.7 Å². The van der Waals surface area contributed by atoms with E-state index in [1.807, 2.05) is 0 Å². The maximum absolute atomic E-state index is 17.3. The van der Waals surface area contributed by atoms with Gasteiger partial charge in [0.2, 0.25) is 11.7 Å². The van der Waals surface area contributed by atoms with Crippen LogP contribution in [0.3, 0.4) is 0 Å². The van der Waals surface area contributed by atoms with Gasteiger partial charge >= 0.3 is 11.9 Å². The molecular weight excluding hydrogens is 627 g/mol. The van der Waals surface area contributed by atoms with Gasteiger partial charge in [0, 0.05) is 23.7 Å². The highest BCUT2D eigenvalue weighted by molar-refractivity contribution is 6.01. The first-order valence-corrected chi connectivity index (χ1v) is 15.6. The summed E-state index contributed by atoms with van der Waals surface area (Å²) < 4.78 is 27.4. The van der Waals surface area contributed by atoms with Crippen molar-refractivity contribution in [3.8, 4) is 0 Å². The number of esters is 2. The van der Waals surface area contributed by atoms with Crippen LogP contribution in [0.1, 0.15) is 65.7 Å². The predicted octanol–water partition coefficient (Wildman–Crippen LogP) is 0.402. The number of aliphatic hydroxyl groups excluding tert-OH is 2. The Kier molecular flexibility index (Phi) is 10.8. The van der Waals surface area contributed by atoms with Crippen LogP contribution in [-0.4, -0.2) is 110 Å². The number of halogens is 1. The number of nitrogens with one attached hydrogen (secondary N) is 1. The van der Waals surface area contributed by atoms with Crippen LogP contribution in [0.15, 0.2) is 23.8 Å². The zero-order chi connectivity index (χ0) is 34.9. The first kappa shape index (κ1) is 36.7. The number of alkyl halides is 1. The Balaban J connectivity index is 1.42. The first-order chi connectivity index (χ1) is 21.9. The van der Waals surface area contributed by atoms with Gasteiger partial charge < -0.3 is 30.1 Å². The van der Waals surface area contributed by atoms with E-state index < -0.39 is 101 Å². The average molecular weight is 671 g/mol. The van der Waals surface area contributed by atoms with Gasteiger partial charge in [-0.05, 0) is 63.5 Å². The smallest absolute Gasteiger partial charge is 0.329 e. The summed E-state index contributed by atoms with van der Waals surface area (Å²) in [5.74, 6) is -5.72. The number of carbonyl (C=O) groups is 5. The molecule has 4 aliphatic rings. The Morgan fingerprint density at radius 1 is 1.09 bits per heavy atom. The molecule has 1 unspecified atom stereocenters. The number of nitrogens with zero attached hydrogens (tertiary/aromatic N) is 1. The second-order valence-electron chi connectivity index (χ2n) is 13.3. The summed E-state index contributed by atoms with van der Waals surface area (Å²) in [7, 11) is 0. The number of amides is 1. The van der Waals surface area contributed by atoms with E-state index in [1.165, 1.54) is 25.2 Å². The maximum Gasteiger partial charge on any atom is 0.329 e. The van der Waals surface area contributed by atoms with Gasteiger partial charge in [0.15, 0.2) is 23.7 Å². The molecule has 0 aliphatic heterocycles. The molecule has 15 nitrogen and oxygen atoms in total. The summed E-state index contributed by atoms with van der Waals surface area (Å²) in [4.78, 5) is 66.8. The fourth-order valence-electron chi connectivity index (χ4n) is 8.27. The highest BCUT2D eigenvalue weighted by Crippen LogP contribution is 2.69. The minimum atomic E-state index is -2.52. The second kappa shape index (κ2) is 13.8. The number of hydrogen-bond donors (Lipinski definition) is 6. The summed E-state index contributed by atoms with van der Waals surface area (Å²) in [6.45, 7) is 2.97. The predicted molar refractivity (Wildman–Crippen MR) is 154 cm³/mol. The lowest BCUT2D eigenvalue weighted by atomic mass is 9.44. The third kappa shape index (κ3) is 6.51. The van der Waals surface area contributed by atoms with Crippen LogP contribution in [0.5, 0.6) is 0 Å². The lowest BCUT2D eigenvalue weighted by Gasteiger charge is -2.62. The number of unbranched alkanes of at least 4 members (excludes halogenated alkanes) is 1. The van der Waals surface area contributed by atoms with Gasteiger partial charge in [0.25, 0.3) is 0 Å². The van der Waals surface area contributed by atoms with E-state index in [0.29, 0.717) is 12.0 Å². The van der Waals surface area contributed by atoms with Crippen molar-refractivity contribution >= 4 is 29.4 Å². The summed E-state index contributed by atoms with van der Waals surface area (Å²) in [5, 5.41) is 53.1. The molecular formula is C31H43FN2O13. The van der Waals surface area contributed by atoms with Gasteiger partial charge in [-0.25, -0.2) is 9.18 Å². The van der Waals surface area contributed by atoms with Crippen LogP contribution < -0.4 is 5.32 Å². The van der Waals surface area contributed by atoms with Crippen molar-refractivity contribution < 1.29 is 68.4 Å². The molecule has 3 saturated carbocycles. The monoisotopic (exact) mass is 670 g/mol. The Morgan fingerprint density at radius 3 is 2.43 bits per heavy atom. The van der Waals surface area contributed by atoms with E-state index in [-0.39, 0.29) is 44.7 Å². The lowest BCUT2D eigenvalue weighted by Crippen LogP contribution is -2.69. The summed E-state index contributed by atoms with van der Waals surface area (Å²) in [5.41, 5.74) is -7.03. The molecule has 6 N–H and O–H groups in total. The Labute approximate surface area is 270 Å². The second-order valence-corrected chi connectivity index (χ2v) is 13.3. The van der Waals surface area contributed by atoms with Gasteiger partial charge in [0.05, 0.1) is 37.2 Å². The maximum atomic E-state index is 17.3. The van der Waals surface area contributed by atoms with Gasteiger partial charge in [-0.3, -0.25) is 34.4 Å². The number of rotatable bonds is 13. The highest BCUT2D eigenvalue weighted by atomic mass is 19.1. The molecule has 3 fully saturated rings. The highest BCUT2D eigenvalue weighted by Gasteiger charge is 2.76. The van der Waals surface area contributed by atoms with Crippen LogP contribution in [0.2, 0.25) is 0 Å². The summed E-state index contributed by atoms with van der Waals surface area (Å²) in [6.07, 6.45) is 0.562. The number of aliphatic hydroxyl groups is 3. The van der Waals surface area contributed by atoms with Gasteiger partial charge in [-0.2, -0.15) is 0 Å². The largest absolute Gasteiger partial charge is 0.464 e. The van der Waals surface area contributed by atoms with Crippen molar-refractivity contribution in [2.24, 2.45) is 22.7 Å². The molecule has 16 heteroatoms. The molecule has 47 heavy (non-hydrogen) atoms. The zero-order valence-corrected chi connectivity index (χ0v) is 26.5. The number of fused-ring (bicyclic) bond motifs is 5. The topological polar surface area (TPSA) is 229 Å². The molecule has 0 spiro atoms. The molecule has 0 aromatic rings. The van der Waals surface area contributed by atoms with Crippen LogP contribution >= 0.6 is 0 Å². The van der Waals surface area contributed by atoms with Crippen LogP contribution in [0.25, 0.3) is 0 Å². The molecule has 0 heterocycles. The molecule has 0 aromatic carbocycles. The fraction of sp³-hybridized carbons (Fsp3) is 0.710. The Morgan fingerprint density at radius 2 is 1.77 bits per heavy atom. The van der Waals surface area contributed by atoms with E-state index in [2.05, 4.69) is 10.2 Å². The van der Waals surface area contributed by atoms with E-state index in [1.54, 1.807) is 6.92 Å². The number of Topliss-reactive ketones (excluding diaryl/α,β-unsaturated/α-hetero) is 1. The molecule has 1 amide bonds. The Bertz CT molecular complexity index is 1340. The van der Waals surface area contributed by atoms with Gasteiger partial charge in [-0.1, -0.05) is 18.6 Å². The molecule has 0 bridgehead atoms. The SMILES string of the molecule is CC(=O)NC(CC(=O)OCC(=O)[C@@]1(O)[C@H](O)C[C@H]2[C@@H]3CCC4=CC(=O)C=C[C@]4(C)[C@@]3(F)[C@@H](O)C[C@@]21C)C(=O)OCCCCON(O)O. The fourth-order valence-corrected chi connectivity index (χ4v) is 8.27. The Hall–Kier alpha value is -3.12. The first-order valence-electron chi connectivity index (χ1n) is 15.6. The molecule has 4 aliphatic carbocycles. The van der Waals surface area contributed by atoms with Crippen molar-refractivity contribution in [2.45, 2.75) is 95.2 Å². The molecule has 4 rings (SSSR count). The summed E-state index contributed by atoms with van der Waals surface area (Å²) >= 11 is 0.